The standard InChI is InChI=1S/C38H34N4/c1-26-24-29(28-14-6-4-7-15-28)22-23-42(30-16-8-5-9-17-30)38-33(26)25-27(2)31-18-10-11-19-32(31)36(37(38)40-3)41-35-21-13-12-20-34(35)39/h4-25,36,41H,1,39H2,2-3H3/b23-22-,27-25+,29-24+,38-33-,40-37?. The number of fused-ring (bicyclic) bond motifs is 1. The zero-order chi connectivity index (χ0) is 29.1. The first kappa shape index (κ1) is 26.9. The first-order chi connectivity index (χ1) is 20.5. The fraction of sp³-hybridized carbons (Fsp3) is 0.0789. The average Bonchev–Trinajstić information content (AvgIpc) is 3.02. The van der Waals surface area contributed by atoms with Gasteiger partial charge in [0.1, 0.15) is 0 Å². The summed E-state index contributed by atoms with van der Waals surface area (Å²) in [5, 5.41) is 3.77. The van der Waals surface area contributed by atoms with E-state index in [4.69, 9.17) is 10.7 Å². The highest BCUT2D eigenvalue weighted by atomic mass is 15.2. The first-order valence-corrected chi connectivity index (χ1v) is 14.1. The van der Waals surface area contributed by atoms with Gasteiger partial charge >= 0.3 is 0 Å². The fourth-order valence-electron chi connectivity index (χ4n) is 5.71. The molecule has 0 bridgehead atoms. The van der Waals surface area contributed by atoms with E-state index in [-0.39, 0.29) is 6.04 Å². The van der Waals surface area contributed by atoms with E-state index in [0.717, 1.165) is 61.8 Å². The summed E-state index contributed by atoms with van der Waals surface area (Å²) in [6.07, 6.45) is 8.73. The van der Waals surface area contributed by atoms with Crippen LogP contribution < -0.4 is 16.0 Å². The van der Waals surface area contributed by atoms with Gasteiger partial charge in [0.25, 0.3) is 0 Å². The largest absolute Gasteiger partial charge is 0.397 e. The van der Waals surface area contributed by atoms with Crippen molar-refractivity contribution in [1.29, 1.82) is 0 Å². The minimum atomic E-state index is -0.283. The van der Waals surface area contributed by atoms with Crippen molar-refractivity contribution in [3.05, 3.63) is 174 Å². The lowest BCUT2D eigenvalue weighted by Crippen LogP contribution is -2.33. The van der Waals surface area contributed by atoms with Gasteiger partial charge in [0.2, 0.25) is 0 Å². The third-order valence-corrected chi connectivity index (χ3v) is 7.79. The molecule has 6 rings (SSSR count). The maximum atomic E-state index is 6.46. The number of para-hydroxylation sites is 3. The molecule has 0 saturated carbocycles. The molecule has 0 amide bonds. The molecular formula is C38H34N4. The summed E-state index contributed by atoms with van der Waals surface area (Å²) in [5.74, 6) is 0. The van der Waals surface area contributed by atoms with E-state index >= 15 is 0 Å². The van der Waals surface area contributed by atoms with E-state index in [1.165, 1.54) is 0 Å². The SMILES string of the molecule is C=C1/C=C(c2ccccc2)\C=C/N(c2ccccc2)/C2=C1/C=C(\C)c1ccccc1C(Nc1ccccc1N)C2=NC. The van der Waals surface area contributed by atoms with Gasteiger partial charge in [0.05, 0.1) is 28.8 Å². The fourth-order valence-corrected chi connectivity index (χ4v) is 5.71. The number of rotatable bonds is 4. The zero-order valence-electron chi connectivity index (χ0n) is 24.0. The van der Waals surface area contributed by atoms with Gasteiger partial charge in [-0.05, 0) is 82.8 Å². The van der Waals surface area contributed by atoms with E-state index in [2.05, 4.69) is 121 Å². The summed E-state index contributed by atoms with van der Waals surface area (Å²) in [5.41, 5.74) is 18.5. The number of nitrogens with zero attached hydrogens (tertiary/aromatic N) is 2. The highest BCUT2D eigenvalue weighted by Crippen LogP contribution is 2.40. The lowest BCUT2D eigenvalue weighted by atomic mass is 9.84. The van der Waals surface area contributed by atoms with Crippen molar-refractivity contribution in [2.24, 2.45) is 4.99 Å². The maximum absolute atomic E-state index is 6.46. The van der Waals surface area contributed by atoms with Crippen LogP contribution >= 0.6 is 0 Å². The third-order valence-electron chi connectivity index (χ3n) is 7.79. The Kier molecular flexibility index (Phi) is 7.44. The number of hydrogen-bond acceptors (Lipinski definition) is 4. The van der Waals surface area contributed by atoms with E-state index in [9.17, 15) is 0 Å². The zero-order valence-corrected chi connectivity index (χ0v) is 24.0. The molecule has 1 atom stereocenters. The summed E-state index contributed by atoms with van der Waals surface area (Å²) in [6, 6.07) is 37.0. The Morgan fingerprint density at radius 1 is 0.810 bits per heavy atom. The molecule has 0 spiro atoms. The minimum Gasteiger partial charge on any atom is -0.397 e. The van der Waals surface area contributed by atoms with E-state index < -0.39 is 0 Å². The minimum absolute atomic E-state index is 0.283. The van der Waals surface area contributed by atoms with Gasteiger partial charge in [-0.25, -0.2) is 0 Å². The third kappa shape index (κ3) is 5.11. The van der Waals surface area contributed by atoms with Crippen LogP contribution in [0.25, 0.3) is 11.1 Å². The second-order valence-corrected chi connectivity index (χ2v) is 10.5. The van der Waals surface area contributed by atoms with Crippen molar-refractivity contribution in [3.63, 3.8) is 0 Å². The number of hydrogen-bond donors (Lipinski definition) is 2. The molecular weight excluding hydrogens is 512 g/mol. The van der Waals surface area contributed by atoms with Gasteiger partial charge in [-0.3, -0.25) is 4.99 Å². The number of aliphatic imine (C=N–C) groups is 1. The molecule has 1 aliphatic carbocycles. The van der Waals surface area contributed by atoms with Crippen molar-refractivity contribution in [2.75, 3.05) is 23.0 Å². The molecule has 42 heavy (non-hydrogen) atoms. The van der Waals surface area contributed by atoms with Crippen LogP contribution in [-0.4, -0.2) is 12.8 Å². The molecule has 1 unspecified atom stereocenters. The molecule has 0 radical (unpaired) electrons. The second-order valence-electron chi connectivity index (χ2n) is 10.5. The van der Waals surface area contributed by atoms with Gasteiger partial charge in [0.15, 0.2) is 0 Å². The molecule has 4 aromatic carbocycles. The Morgan fingerprint density at radius 3 is 2.21 bits per heavy atom. The second kappa shape index (κ2) is 11.6. The van der Waals surface area contributed by atoms with Gasteiger partial charge in [0, 0.05) is 24.5 Å². The molecule has 4 heteroatoms. The van der Waals surface area contributed by atoms with Crippen molar-refractivity contribution in [2.45, 2.75) is 13.0 Å². The van der Waals surface area contributed by atoms with Crippen molar-refractivity contribution in [1.82, 2.24) is 0 Å². The van der Waals surface area contributed by atoms with E-state index in [1.807, 2.05) is 43.4 Å². The molecule has 2 aliphatic rings. The van der Waals surface area contributed by atoms with Crippen molar-refractivity contribution < 1.29 is 0 Å². The van der Waals surface area contributed by atoms with Gasteiger partial charge in [-0.15, -0.1) is 0 Å². The maximum Gasteiger partial charge on any atom is 0.0963 e. The molecule has 0 saturated heterocycles. The quantitative estimate of drug-likeness (QED) is 0.251. The van der Waals surface area contributed by atoms with E-state index in [0.29, 0.717) is 5.69 Å². The number of nitrogen functional groups attached to an aromatic ring is 1. The summed E-state index contributed by atoms with van der Waals surface area (Å²) in [4.78, 5) is 7.25. The Bertz CT molecular complexity index is 1790. The van der Waals surface area contributed by atoms with Gasteiger partial charge in [-0.2, -0.15) is 0 Å². The molecule has 4 nitrogen and oxygen atoms in total. The monoisotopic (exact) mass is 546 g/mol. The normalized spacial score (nSPS) is 22.7. The molecule has 0 aromatic heterocycles. The van der Waals surface area contributed by atoms with Crippen LogP contribution in [0.2, 0.25) is 0 Å². The molecule has 1 heterocycles. The highest BCUT2D eigenvalue weighted by Gasteiger charge is 2.32. The summed E-state index contributed by atoms with van der Waals surface area (Å²) < 4.78 is 0. The van der Waals surface area contributed by atoms with Gasteiger partial charge in [-0.1, -0.05) is 91.5 Å². The topological polar surface area (TPSA) is 53.6 Å². The molecule has 0 fully saturated rings. The molecule has 3 N–H and O–H groups in total. The Labute approximate surface area is 248 Å². The average molecular weight is 547 g/mol. The predicted molar refractivity (Wildman–Crippen MR) is 179 cm³/mol. The molecule has 1 aliphatic heterocycles. The number of anilines is 3. The number of allylic oxidation sites excluding steroid dienone is 7. The van der Waals surface area contributed by atoms with Crippen LogP contribution in [0.3, 0.4) is 0 Å². The van der Waals surface area contributed by atoms with Crippen LogP contribution in [0.1, 0.15) is 29.7 Å². The summed E-state index contributed by atoms with van der Waals surface area (Å²) in [6.45, 7) is 6.79. The smallest absolute Gasteiger partial charge is 0.0963 e. The Hall–Kier alpha value is -5.35. The van der Waals surface area contributed by atoms with Crippen LogP contribution in [0.4, 0.5) is 17.1 Å². The van der Waals surface area contributed by atoms with E-state index in [1.54, 1.807) is 0 Å². The Balaban J connectivity index is 1.65. The molecule has 4 aromatic rings. The van der Waals surface area contributed by atoms with Crippen LogP contribution in [0, 0.1) is 0 Å². The Morgan fingerprint density at radius 2 is 1.48 bits per heavy atom. The summed E-state index contributed by atoms with van der Waals surface area (Å²) in [7, 11) is 1.86. The van der Waals surface area contributed by atoms with Crippen LogP contribution in [-0.2, 0) is 0 Å². The van der Waals surface area contributed by atoms with Crippen LogP contribution in [0.15, 0.2) is 162 Å². The number of nitrogens with one attached hydrogen (secondary N) is 1. The first-order valence-electron chi connectivity index (χ1n) is 14.1. The molecule has 206 valence electrons. The van der Waals surface area contributed by atoms with Gasteiger partial charge < -0.3 is 16.0 Å². The highest BCUT2D eigenvalue weighted by molar-refractivity contribution is 6.12. The summed E-state index contributed by atoms with van der Waals surface area (Å²) >= 11 is 0. The lowest BCUT2D eigenvalue weighted by Gasteiger charge is -2.35. The number of benzene rings is 4. The van der Waals surface area contributed by atoms with Crippen LogP contribution in [0.5, 0.6) is 0 Å². The lowest BCUT2D eigenvalue weighted by molar-refractivity contribution is 0.997. The van der Waals surface area contributed by atoms with Crippen molar-refractivity contribution in [3.8, 4) is 0 Å². The predicted octanol–water partition coefficient (Wildman–Crippen LogP) is 8.84. The van der Waals surface area contributed by atoms with Crippen molar-refractivity contribution >= 4 is 33.9 Å². The number of nitrogens with two attached hydrogens (primary N) is 1.